The number of hydrogen-bond acceptors (Lipinski definition) is 4. The van der Waals surface area contributed by atoms with Crippen LogP contribution in [0.4, 0.5) is 14.5 Å². The number of hydrogen-bond donors (Lipinski definition) is 2. The van der Waals surface area contributed by atoms with Crippen molar-refractivity contribution < 1.29 is 28.3 Å². The number of carbonyl (C=O) groups is 3. The van der Waals surface area contributed by atoms with E-state index < -0.39 is 41.0 Å². The molecule has 2 aromatic rings. The normalized spacial score (nSPS) is 24.1. The van der Waals surface area contributed by atoms with Crippen LogP contribution in [0.3, 0.4) is 0 Å². The third-order valence-electron chi connectivity index (χ3n) is 6.58. The van der Waals surface area contributed by atoms with Crippen LogP contribution in [-0.2, 0) is 9.59 Å². The second kappa shape index (κ2) is 7.85. The molecule has 0 bridgehead atoms. The lowest BCUT2D eigenvalue weighted by atomic mass is 9.66. The van der Waals surface area contributed by atoms with Gasteiger partial charge in [0.25, 0.3) is 5.91 Å². The average molecular weight is 428 g/mol. The van der Waals surface area contributed by atoms with Crippen LogP contribution in [0.1, 0.15) is 47.5 Å². The minimum atomic E-state index is -1.83. The number of aldehydes is 1. The van der Waals surface area contributed by atoms with Gasteiger partial charge >= 0.3 is 5.97 Å². The third-order valence-corrected chi connectivity index (χ3v) is 6.58. The van der Waals surface area contributed by atoms with Crippen molar-refractivity contribution in [2.24, 2.45) is 11.7 Å². The zero-order chi connectivity index (χ0) is 22.3. The number of carboxylic acid groups (broad SMARTS) is 1. The summed E-state index contributed by atoms with van der Waals surface area (Å²) in [6, 6.07) is 9.17. The van der Waals surface area contributed by atoms with E-state index in [1.54, 1.807) is 24.3 Å². The Morgan fingerprint density at radius 1 is 1.19 bits per heavy atom. The summed E-state index contributed by atoms with van der Waals surface area (Å²) in [7, 11) is 0. The molecule has 0 spiro atoms. The molecule has 1 aliphatic carbocycles. The van der Waals surface area contributed by atoms with Gasteiger partial charge < -0.3 is 20.5 Å². The first-order valence-corrected chi connectivity index (χ1v) is 10.1. The van der Waals surface area contributed by atoms with E-state index in [4.69, 9.17) is 5.73 Å². The van der Waals surface area contributed by atoms with Crippen molar-refractivity contribution in [3.05, 3.63) is 65.2 Å². The molecule has 4 rings (SSSR count). The molecule has 0 saturated heterocycles. The molecule has 2 aromatic carbocycles. The van der Waals surface area contributed by atoms with Gasteiger partial charge in [-0.1, -0.05) is 24.6 Å². The van der Waals surface area contributed by atoms with E-state index in [-0.39, 0.29) is 17.9 Å². The van der Waals surface area contributed by atoms with Gasteiger partial charge in [-0.3, -0.25) is 9.59 Å². The average Bonchev–Trinajstić information content (AvgIpc) is 3.20. The Kier molecular flexibility index (Phi) is 5.35. The van der Waals surface area contributed by atoms with Gasteiger partial charge in [-0.15, -0.1) is 0 Å². The quantitative estimate of drug-likeness (QED) is 0.712. The molecular formula is C23H22F2N2O4. The Morgan fingerprint density at radius 3 is 2.61 bits per heavy atom. The van der Waals surface area contributed by atoms with Gasteiger partial charge in [0.15, 0.2) is 0 Å². The van der Waals surface area contributed by atoms with Gasteiger partial charge in [-0.2, -0.15) is 0 Å². The predicted molar refractivity (Wildman–Crippen MR) is 109 cm³/mol. The minimum Gasteiger partial charge on any atom is -0.480 e. The summed E-state index contributed by atoms with van der Waals surface area (Å²) in [5.41, 5.74) is 5.22. The molecule has 0 aromatic heterocycles. The molecule has 1 aliphatic heterocycles. The minimum absolute atomic E-state index is 0.259. The molecule has 2 aliphatic rings. The number of nitrogens with zero attached hydrogens (tertiary/aromatic N) is 1. The second-order valence-corrected chi connectivity index (χ2v) is 8.21. The molecule has 1 saturated carbocycles. The zero-order valence-electron chi connectivity index (χ0n) is 16.6. The van der Waals surface area contributed by atoms with Crippen LogP contribution < -0.4 is 10.6 Å². The molecule has 6 nitrogen and oxygen atoms in total. The molecule has 3 N–H and O–H groups in total. The molecule has 162 valence electrons. The number of anilines is 1. The summed E-state index contributed by atoms with van der Waals surface area (Å²) >= 11 is 0. The maximum Gasteiger partial charge on any atom is 0.324 e. The fraction of sp³-hybridized carbons (Fsp3) is 0.348. The fourth-order valence-corrected chi connectivity index (χ4v) is 5.26. The van der Waals surface area contributed by atoms with Gasteiger partial charge in [0.1, 0.15) is 23.5 Å². The van der Waals surface area contributed by atoms with Crippen molar-refractivity contribution >= 4 is 23.9 Å². The number of amides is 1. The highest BCUT2D eigenvalue weighted by Crippen LogP contribution is 2.53. The zero-order valence-corrected chi connectivity index (χ0v) is 16.6. The van der Waals surface area contributed by atoms with E-state index in [1.165, 1.54) is 4.90 Å². The highest BCUT2D eigenvalue weighted by Gasteiger charge is 2.55. The lowest BCUT2D eigenvalue weighted by Crippen LogP contribution is -2.60. The molecular weight excluding hydrogens is 406 g/mol. The summed E-state index contributed by atoms with van der Waals surface area (Å²) < 4.78 is 27.8. The standard InChI is InChI=1S/C23H22F2N2O4/c24-13-8-9-14(17(25)12-13)21(29)27-18-6-2-1-4-15(18)20(16-5-3-7-19(16)27)23(26,10-11-28)22(30)31/h1-2,4,6,8-9,11-12,16,19-20H,3,5,7,10,26H2,(H,30,31). The summed E-state index contributed by atoms with van der Waals surface area (Å²) in [4.78, 5) is 38.4. The summed E-state index contributed by atoms with van der Waals surface area (Å²) in [5, 5.41) is 9.93. The number of fused-ring (bicyclic) bond motifs is 2. The number of aliphatic carboxylic acids is 1. The molecule has 1 heterocycles. The van der Waals surface area contributed by atoms with Crippen LogP contribution in [0, 0.1) is 17.6 Å². The van der Waals surface area contributed by atoms with Crippen LogP contribution in [0.2, 0.25) is 0 Å². The summed E-state index contributed by atoms with van der Waals surface area (Å²) in [6.45, 7) is 0. The van der Waals surface area contributed by atoms with Gasteiger partial charge in [0, 0.05) is 30.1 Å². The number of carboxylic acids is 1. The third kappa shape index (κ3) is 3.31. The number of rotatable bonds is 5. The number of benzene rings is 2. The molecule has 4 unspecified atom stereocenters. The van der Waals surface area contributed by atoms with Crippen LogP contribution >= 0.6 is 0 Å². The van der Waals surface area contributed by atoms with Crippen LogP contribution in [-0.4, -0.2) is 34.8 Å². The lowest BCUT2D eigenvalue weighted by Gasteiger charge is -2.48. The number of carbonyl (C=O) groups excluding carboxylic acids is 2. The fourth-order valence-electron chi connectivity index (χ4n) is 5.26. The van der Waals surface area contributed by atoms with Crippen molar-refractivity contribution in [3.8, 4) is 0 Å². The maximum atomic E-state index is 14.4. The van der Waals surface area contributed by atoms with E-state index in [2.05, 4.69) is 0 Å². The molecule has 0 radical (unpaired) electrons. The van der Waals surface area contributed by atoms with Crippen LogP contribution in [0.15, 0.2) is 42.5 Å². The van der Waals surface area contributed by atoms with Crippen molar-refractivity contribution in [2.75, 3.05) is 4.90 Å². The second-order valence-electron chi connectivity index (χ2n) is 8.21. The van der Waals surface area contributed by atoms with E-state index in [0.29, 0.717) is 36.4 Å². The van der Waals surface area contributed by atoms with E-state index in [0.717, 1.165) is 18.6 Å². The Morgan fingerprint density at radius 2 is 1.94 bits per heavy atom. The molecule has 4 atom stereocenters. The smallest absolute Gasteiger partial charge is 0.324 e. The van der Waals surface area contributed by atoms with Gasteiger partial charge in [0.2, 0.25) is 0 Å². The number of para-hydroxylation sites is 1. The topological polar surface area (TPSA) is 101 Å². The summed E-state index contributed by atoms with van der Waals surface area (Å²) in [5.74, 6) is -4.65. The van der Waals surface area contributed by atoms with Gasteiger partial charge in [-0.25, -0.2) is 8.78 Å². The first-order valence-electron chi connectivity index (χ1n) is 10.1. The van der Waals surface area contributed by atoms with Gasteiger partial charge in [-0.05, 0) is 42.5 Å². The Bertz CT molecular complexity index is 1060. The van der Waals surface area contributed by atoms with E-state index in [9.17, 15) is 28.3 Å². The largest absolute Gasteiger partial charge is 0.480 e. The van der Waals surface area contributed by atoms with Crippen molar-refractivity contribution in [1.29, 1.82) is 0 Å². The Labute approximate surface area is 177 Å². The molecule has 31 heavy (non-hydrogen) atoms. The highest BCUT2D eigenvalue weighted by atomic mass is 19.1. The van der Waals surface area contributed by atoms with Crippen LogP contribution in [0.25, 0.3) is 0 Å². The van der Waals surface area contributed by atoms with Gasteiger partial charge in [0.05, 0.1) is 5.56 Å². The van der Waals surface area contributed by atoms with Crippen molar-refractivity contribution in [1.82, 2.24) is 0 Å². The van der Waals surface area contributed by atoms with Crippen molar-refractivity contribution in [3.63, 3.8) is 0 Å². The number of nitrogens with two attached hydrogens (primary N) is 1. The highest BCUT2D eigenvalue weighted by molar-refractivity contribution is 6.07. The van der Waals surface area contributed by atoms with E-state index >= 15 is 0 Å². The molecule has 1 amide bonds. The van der Waals surface area contributed by atoms with Crippen molar-refractivity contribution in [2.45, 2.75) is 43.2 Å². The first kappa shape index (κ1) is 21.1. The summed E-state index contributed by atoms with van der Waals surface area (Å²) in [6.07, 6.45) is 2.06. The SMILES string of the molecule is NC(CC=O)(C(=O)O)C1c2ccccc2N(C(=O)c2ccc(F)cc2F)C2CCCC21. The van der Waals surface area contributed by atoms with Crippen LogP contribution in [0.5, 0.6) is 0 Å². The first-order chi connectivity index (χ1) is 14.8. The Hall–Kier alpha value is -3.13. The maximum absolute atomic E-state index is 14.4. The van der Waals surface area contributed by atoms with E-state index in [1.807, 2.05) is 0 Å². The molecule has 1 fully saturated rings. The predicted octanol–water partition coefficient (Wildman–Crippen LogP) is 3.25. The molecule has 8 heteroatoms. The monoisotopic (exact) mass is 428 g/mol. The number of halogens is 2. The Balaban J connectivity index is 1.88. The lowest BCUT2D eigenvalue weighted by molar-refractivity contribution is -0.146.